The Morgan fingerprint density at radius 2 is 1.89 bits per heavy atom. The highest BCUT2D eigenvalue weighted by atomic mass is 35.5. The Morgan fingerprint density at radius 1 is 1.11 bits per heavy atom. The zero-order valence-electron chi connectivity index (χ0n) is 15.0. The van der Waals surface area contributed by atoms with Gasteiger partial charge in [0.2, 0.25) is 0 Å². The molecule has 1 N–H and O–H groups in total. The molecule has 1 aromatic heterocycles. The van der Waals surface area contributed by atoms with Crippen LogP contribution in [0.15, 0.2) is 65.8 Å². The molecule has 0 fully saturated rings. The molecule has 0 amide bonds. The van der Waals surface area contributed by atoms with E-state index in [0.29, 0.717) is 28.9 Å². The predicted octanol–water partition coefficient (Wildman–Crippen LogP) is 3.94. The normalized spacial score (nSPS) is 10.6. The number of hydrogen-bond donors (Lipinski definition) is 1. The minimum atomic E-state index is -0.369. The number of para-hydroxylation sites is 1. The minimum absolute atomic E-state index is 0.313. The zero-order chi connectivity index (χ0) is 19.8. The molecule has 0 saturated carbocycles. The predicted molar refractivity (Wildman–Crippen MR) is 107 cm³/mol. The maximum Gasteiger partial charge on any atom is 0.337 e. The second-order valence-corrected chi connectivity index (χ2v) is 6.01. The Bertz CT molecular complexity index is 960. The molecule has 0 aliphatic rings. The van der Waals surface area contributed by atoms with E-state index in [2.05, 4.69) is 20.7 Å². The van der Waals surface area contributed by atoms with Crippen molar-refractivity contribution in [3.05, 3.63) is 82.5 Å². The average molecular weight is 397 g/mol. The quantitative estimate of drug-likeness (QED) is 0.370. The molecule has 142 valence electrons. The van der Waals surface area contributed by atoms with E-state index in [1.54, 1.807) is 30.5 Å². The van der Waals surface area contributed by atoms with Gasteiger partial charge >= 0.3 is 5.97 Å². The molecule has 3 aromatic rings. The van der Waals surface area contributed by atoms with Gasteiger partial charge in [-0.25, -0.2) is 4.79 Å². The standard InChI is InChI=1S/C20H17ClN4O3/c1-27-20(26)15-8-6-14(7-9-15)13-28-17-5-3-2-4-16(17)12-22-24-19-11-10-18(21)23-25-19/h2-12H,13H2,1H3,(H,24,25)/b22-12+. The van der Waals surface area contributed by atoms with E-state index >= 15 is 0 Å². The second kappa shape index (κ2) is 9.48. The van der Waals surface area contributed by atoms with Crippen LogP contribution < -0.4 is 10.2 Å². The number of aromatic nitrogens is 2. The van der Waals surface area contributed by atoms with Gasteiger partial charge in [-0.05, 0) is 42.0 Å². The number of anilines is 1. The Labute approximate surface area is 167 Å². The number of nitrogens with zero attached hydrogens (tertiary/aromatic N) is 3. The molecule has 0 radical (unpaired) electrons. The third kappa shape index (κ3) is 5.28. The van der Waals surface area contributed by atoms with Gasteiger partial charge in [0.25, 0.3) is 0 Å². The fourth-order valence-corrected chi connectivity index (χ4v) is 2.38. The SMILES string of the molecule is COC(=O)c1ccc(COc2ccccc2/C=N/Nc2ccc(Cl)nn2)cc1. The molecule has 0 aliphatic heterocycles. The number of rotatable bonds is 7. The van der Waals surface area contributed by atoms with E-state index in [-0.39, 0.29) is 5.97 Å². The molecule has 2 aromatic carbocycles. The van der Waals surface area contributed by atoms with Gasteiger partial charge in [-0.2, -0.15) is 5.10 Å². The largest absolute Gasteiger partial charge is 0.488 e. The molecule has 3 rings (SSSR count). The summed E-state index contributed by atoms with van der Waals surface area (Å²) in [5.41, 5.74) is 5.00. The number of hydrogen-bond acceptors (Lipinski definition) is 7. The van der Waals surface area contributed by atoms with Crippen LogP contribution in [0.25, 0.3) is 0 Å². The molecule has 1 heterocycles. The molecule has 0 bridgehead atoms. The van der Waals surface area contributed by atoms with Gasteiger partial charge in [0.1, 0.15) is 12.4 Å². The van der Waals surface area contributed by atoms with Crippen molar-refractivity contribution in [1.82, 2.24) is 10.2 Å². The number of hydrazone groups is 1. The van der Waals surface area contributed by atoms with Crippen molar-refractivity contribution < 1.29 is 14.3 Å². The van der Waals surface area contributed by atoms with Gasteiger partial charge in [0, 0.05) is 5.56 Å². The topological polar surface area (TPSA) is 85.7 Å². The summed E-state index contributed by atoms with van der Waals surface area (Å²) in [5.74, 6) is 0.781. The van der Waals surface area contributed by atoms with Crippen LogP contribution in [0.4, 0.5) is 5.82 Å². The number of halogens is 1. The number of ether oxygens (including phenoxy) is 2. The van der Waals surface area contributed by atoms with Gasteiger partial charge < -0.3 is 9.47 Å². The summed E-state index contributed by atoms with van der Waals surface area (Å²) in [7, 11) is 1.35. The maximum absolute atomic E-state index is 11.5. The Balaban J connectivity index is 1.62. The van der Waals surface area contributed by atoms with Crippen molar-refractivity contribution in [2.75, 3.05) is 12.5 Å². The van der Waals surface area contributed by atoms with Gasteiger partial charge in [-0.15, -0.1) is 10.2 Å². The Hall–Kier alpha value is -3.45. The van der Waals surface area contributed by atoms with Crippen molar-refractivity contribution in [3.8, 4) is 5.75 Å². The van der Waals surface area contributed by atoms with Gasteiger partial charge in [-0.1, -0.05) is 35.9 Å². The second-order valence-electron chi connectivity index (χ2n) is 5.63. The highest BCUT2D eigenvalue weighted by Gasteiger charge is 2.06. The molecule has 0 saturated heterocycles. The first-order valence-electron chi connectivity index (χ1n) is 8.33. The monoisotopic (exact) mass is 396 g/mol. The summed E-state index contributed by atoms with van der Waals surface area (Å²) in [6.07, 6.45) is 1.63. The van der Waals surface area contributed by atoms with E-state index in [4.69, 9.17) is 21.1 Å². The van der Waals surface area contributed by atoms with Crippen LogP contribution in [0, 0.1) is 0 Å². The van der Waals surface area contributed by atoms with Crippen molar-refractivity contribution in [2.45, 2.75) is 6.61 Å². The third-order valence-electron chi connectivity index (χ3n) is 3.70. The van der Waals surface area contributed by atoms with Gasteiger partial charge in [0.05, 0.1) is 18.9 Å². The van der Waals surface area contributed by atoms with Crippen LogP contribution in [0.3, 0.4) is 0 Å². The highest BCUT2D eigenvalue weighted by Crippen LogP contribution is 2.18. The first-order valence-corrected chi connectivity index (χ1v) is 8.71. The lowest BCUT2D eigenvalue weighted by Gasteiger charge is -2.09. The molecule has 7 nitrogen and oxygen atoms in total. The first-order chi connectivity index (χ1) is 13.7. The van der Waals surface area contributed by atoms with Gasteiger partial charge in [0.15, 0.2) is 11.0 Å². The van der Waals surface area contributed by atoms with Gasteiger partial charge in [-0.3, -0.25) is 5.43 Å². The number of carbonyl (C=O) groups is 1. The maximum atomic E-state index is 11.5. The molecule has 0 spiro atoms. The summed E-state index contributed by atoms with van der Waals surface area (Å²) in [5, 5.41) is 12.1. The van der Waals surface area contributed by atoms with Crippen LogP contribution in [0.5, 0.6) is 5.75 Å². The molecule has 28 heavy (non-hydrogen) atoms. The van der Waals surface area contributed by atoms with Crippen LogP contribution in [0.2, 0.25) is 5.15 Å². The van der Waals surface area contributed by atoms with E-state index in [9.17, 15) is 4.79 Å². The van der Waals surface area contributed by atoms with Crippen molar-refractivity contribution >= 4 is 29.6 Å². The van der Waals surface area contributed by atoms with Crippen LogP contribution in [-0.4, -0.2) is 29.5 Å². The summed E-state index contributed by atoms with van der Waals surface area (Å²) in [6, 6.07) is 17.9. The van der Waals surface area contributed by atoms with E-state index in [0.717, 1.165) is 11.1 Å². The number of nitrogens with one attached hydrogen (secondary N) is 1. The average Bonchev–Trinajstić information content (AvgIpc) is 2.74. The summed E-state index contributed by atoms with van der Waals surface area (Å²) < 4.78 is 10.6. The molecule has 0 atom stereocenters. The minimum Gasteiger partial charge on any atom is -0.488 e. The van der Waals surface area contributed by atoms with Crippen molar-refractivity contribution in [1.29, 1.82) is 0 Å². The summed E-state index contributed by atoms with van der Waals surface area (Å²) in [4.78, 5) is 11.5. The number of esters is 1. The molecular formula is C20H17ClN4O3. The fraction of sp³-hybridized carbons (Fsp3) is 0.100. The molecular weight excluding hydrogens is 380 g/mol. The molecule has 0 aliphatic carbocycles. The number of carbonyl (C=O) groups excluding carboxylic acids is 1. The first kappa shape index (κ1) is 19.3. The Kier molecular flexibility index (Phi) is 6.54. The number of methoxy groups -OCH3 is 1. The zero-order valence-corrected chi connectivity index (χ0v) is 15.8. The fourth-order valence-electron chi connectivity index (χ4n) is 2.28. The summed E-state index contributed by atoms with van der Waals surface area (Å²) >= 11 is 5.70. The smallest absolute Gasteiger partial charge is 0.337 e. The lowest BCUT2D eigenvalue weighted by atomic mass is 10.1. The molecule has 8 heteroatoms. The number of benzene rings is 2. The Morgan fingerprint density at radius 3 is 2.61 bits per heavy atom. The van der Waals surface area contributed by atoms with E-state index in [1.165, 1.54) is 7.11 Å². The molecule has 0 unspecified atom stereocenters. The third-order valence-corrected chi connectivity index (χ3v) is 3.90. The summed E-state index contributed by atoms with van der Waals surface area (Å²) in [6.45, 7) is 0.350. The lowest BCUT2D eigenvalue weighted by molar-refractivity contribution is 0.0600. The van der Waals surface area contributed by atoms with Crippen molar-refractivity contribution in [2.24, 2.45) is 5.10 Å². The van der Waals surface area contributed by atoms with E-state index in [1.807, 2.05) is 36.4 Å². The van der Waals surface area contributed by atoms with Crippen LogP contribution in [0.1, 0.15) is 21.5 Å². The van der Waals surface area contributed by atoms with Crippen LogP contribution >= 0.6 is 11.6 Å². The van der Waals surface area contributed by atoms with Crippen LogP contribution in [-0.2, 0) is 11.3 Å². The van der Waals surface area contributed by atoms with Crippen molar-refractivity contribution in [3.63, 3.8) is 0 Å². The highest BCUT2D eigenvalue weighted by molar-refractivity contribution is 6.29. The van der Waals surface area contributed by atoms with E-state index < -0.39 is 0 Å². The lowest BCUT2D eigenvalue weighted by Crippen LogP contribution is -2.02.